The van der Waals surface area contributed by atoms with Gasteiger partial charge in [-0.1, -0.05) is 0 Å². The molecule has 0 aliphatic rings. The Labute approximate surface area is 266 Å². The molecule has 41 heavy (non-hydrogen) atoms. The second-order valence-corrected chi connectivity index (χ2v) is 18.0. The first-order valence-electron chi connectivity index (χ1n) is 13.1. The Balaban J connectivity index is 0.000000208. The number of hydrogen-bond acceptors (Lipinski definition) is 1. The zero-order chi connectivity index (χ0) is 27.8. The fourth-order valence-electron chi connectivity index (χ4n) is 4.36. The van der Waals surface area contributed by atoms with Crippen LogP contribution in [0.4, 0.5) is 0 Å². The van der Waals surface area contributed by atoms with Crippen LogP contribution in [-0.4, -0.2) is 36.1 Å². The molecular formula is C37H32As2ORh. The van der Waals surface area contributed by atoms with Gasteiger partial charge in [0.1, 0.15) is 6.79 Å². The predicted molar refractivity (Wildman–Crippen MR) is 175 cm³/mol. The molecule has 0 unspecified atom stereocenters. The van der Waals surface area contributed by atoms with E-state index < -0.39 is 29.3 Å². The van der Waals surface area contributed by atoms with Crippen LogP contribution >= 0.6 is 0 Å². The molecule has 6 rings (SSSR count). The van der Waals surface area contributed by atoms with Gasteiger partial charge in [-0.05, 0) is 0 Å². The standard InChI is InChI=1S/2C18H15As.CH2O.Rh/c2*1-4-10-16(11-5-1)19(17-12-6-2-7-13-17)18-14-8-3-9-15-18;1-2;/h2*1-15H;1H2;. The Morgan fingerprint density at radius 1 is 0.268 bits per heavy atom. The predicted octanol–water partition coefficient (Wildman–Crippen LogP) is 4.22. The average Bonchev–Trinajstić information content (AvgIpc) is 3.06. The third kappa shape index (κ3) is 9.38. The van der Waals surface area contributed by atoms with E-state index in [1.54, 1.807) is 0 Å². The second-order valence-electron chi connectivity index (χ2n) is 8.68. The van der Waals surface area contributed by atoms with Crippen molar-refractivity contribution in [1.82, 2.24) is 0 Å². The summed E-state index contributed by atoms with van der Waals surface area (Å²) in [4.78, 5) is 8.00. The van der Waals surface area contributed by atoms with Gasteiger partial charge in [-0.2, -0.15) is 0 Å². The Morgan fingerprint density at radius 3 is 0.512 bits per heavy atom. The maximum atomic E-state index is 8.00. The molecule has 1 radical (unpaired) electrons. The van der Waals surface area contributed by atoms with Crippen LogP contribution in [0.2, 0.25) is 0 Å². The van der Waals surface area contributed by atoms with Gasteiger partial charge in [0.2, 0.25) is 0 Å². The van der Waals surface area contributed by atoms with Gasteiger partial charge in [0.05, 0.1) is 0 Å². The van der Waals surface area contributed by atoms with Gasteiger partial charge in [-0.25, -0.2) is 0 Å². The maximum absolute atomic E-state index is 8.00. The summed E-state index contributed by atoms with van der Waals surface area (Å²) >= 11 is -2.78. The third-order valence-electron chi connectivity index (χ3n) is 6.09. The normalized spacial score (nSPS) is 9.90. The van der Waals surface area contributed by atoms with Gasteiger partial charge in [0.15, 0.2) is 0 Å². The zero-order valence-corrected chi connectivity index (χ0v) is 28.1. The summed E-state index contributed by atoms with van der Waals surface area (Å²) in [5, 5.41) is 0. The van der Waals surface area contributed by atoms with Crippen LogP contribution in [-0.2, 0) is 24.3 Å². The summed E-state index contributed by atoms with van der Waals surface area (Å²) in [5.41, 5.74) is 0. The molecule has 0 fully saturated rings. The van der Waals surface area contributed by atoms with Crippen LogP contribution < -0.4 is 26.1 Å². The molecular weight excluding hydrogens is 713 g/mol. The van der Waals surface area contributed by atoms with Gasteiger partial charge >= 0.3 is 237 Å². The van der Waals surface area contributed by atoms with Crippen LogP contribution in [0, 0.1) is 0 Å². The van der Waals surface area contributed by atoms with Crippen LogP contribution in [0.3, 0.4) is 0 Å². The molecule has 0 saturated heterocycles. The van der Waals surface area contributed by atoms with Crippen molar-refractivity contribution in [2.45, 2.75) is 0 Å². The van der Waals surface area contributed by atoms with E-state index >= 15 is 0 Å². The summed E-state index contributed by atoms with van der Waals surface area (Å²) in [6.45, 7) is 2.00. The Hall–Kier alpha value is -3.27. The fourth-order valence-corrected chi connectivity index (χ4v) is 14.0. The summed E-state index contributed by atoms with van der Waals surface area (Å²) in [5.74, 6) is 0. The van der Waals surface area contributed by atoms with Gasteiger partial charge in [-0.15, -0.1) is 0 Å². The number of carbonyl (C=O) groups excluding carboxylic acids is 1. The van der Waals surface area contributed by atoms with E-state index in [0.717, 1.165) is 0 Å². The molecule has 0 aromatic heterocycles. The molecule has 0 aliphatic heterocycles. The molecule has 0 heterocycles. The molecule has 0 amide bonds. The molecule has 6 aromatic rings. The first kappa shape index (κ1) is 32.2. The molecule has 1 nitrogen and oxygen atoms in total. The molecule has 0 N–H and O–H groups in total. The summed E-state index contributed by atoms with van der Waals surface area (Å²) in [6, 6.07) is 65.4. The van der Waals surface area contributed by atoms with Crippen LogP contribution in [0.15, 0.2) is 182 Å². The third-order valence-corrected chi connectivity index (χ3v) is 16.3. The van der Waals surface area contributed by atoms with E-state index in [1.165, 1.54) is 26.1 Å². The number of hydrogen-bond donors (Lipinski definition) is 0. The van der Waals surface area contributed by atoms with Gasteiger partial charge in [0, 0.05) is 19.5 Å². The molecule has 0 spiro atoms. The second kappa shape index (κ2) is 18.2. The summed E-state index contributed by atoms with van der Waals surface area (Å²) in [6.07, 6.45) is 0. The van der Waals surface area contributed by atoms with Crippen molar-refractivity contribution >= 4 is 62.2 Å². The Bertz CT molecular complexity index is 1200. The van der Waals surface area contributed by atoms with Gasteiger partial charge in [0.25, 0.3) is 0 Å². The number of benzene rings is 6. The van der Waals surface area contributed by atoms with Crippen LogP contribution in [0.1, 0.15) is 0 Å². The molecule has 4 heteroatoms. The van der Waals surface area contributed by atoms with Gasteiger partial charge < -0.3 is 4.79 Å². The minimum atomic E-state index is -1.39. The Kier molecular flexibility index (Phi) is 14.3. The molecule has 6 aromatic carbocycles. The van der Waals surface area contributed by atoms with Crippen molar-refractivity contribution in [3.63, 3.8) is 0 Å². The monoisotopic (exact) mass is 745 g/mol. The summed E-state index contributed by atoms with van der Waals surface area (Å²) < 4.78 is 8.87. The summed E-state index contributed by atoms with van der Waals surface area (Å²) in [7, 11) is 0. The van der Waals surface area contributed by atoms with Crippen LogP contribution in [0.5, 0.6) is 0 Å². The van der Waals surface area contributed by atoms with E-state index in [0.29, 0.717) is 0 Å². The number of rotatable bonds is 6. The first-order valence-corrected chi connectivity index (χ1v) is 18.7. The quantitative estimate of drug-likeness (QED) is 0.234. The topological polar surface area (TPSA) is 17.1 Å². The fraction of sp³-hybridized carbons (Fsp3) is 0. The van der Waals surface area contributed by atoms with Crippen molar-refractivity contribution in [2.24, 2.45) is 0 Å². The first-order chi connectivity index (χ1) is 19.9. The van der Waals surface area contributed by atoms with Gasteiger partial charge in [-0.3, -0.25) is 0 Å². The van der Waals surface area contributed by atoms with E-state index in [2.05, 4.69) is 182 Å². The van der Waals surface area contributed by atoms with Crippen molar-refractivity contribution < 1.29 is 24.3 Å². The van der Waals surface area contributed by atoms with Crippen molar-refractivity contribution in [1.29, 1.82) is 0 Å². The molecule has 0 bridgehead atoms. The van der Waals surface area contributed by atoms with Crippen molar-refractivity contribution in [2.75, 3.05) is 0 Å². The molecule has 205 valence electrons. The Morgan fingerprint density at radius 2 is 0.390 bits per heavy atom. The van der Waals surface area contributed by atoms with Crippen LogP contribution in [0.25, 0.3) is 0 Å². The average molecular weight is 745 g/mol. The molecule has 0 saturated carbocycles. The van der Waals surface area contributed by atoms with E-state index in [9.17, 15) is 0 Å². The minimum absolute atomic E-state index is 0. The van der Waals surface area contributed by atoms with Crippen molar-refractivity contribution in [3.8, 4) is 0 Å². The van der Waals surface area contributed by atoms with E-state index in [4.69, 9.17) is 4.79 Å². The van der Waals surface area contributed by atoms with E-state index in [-0.39, 0.29) is 19.5 Å². The molecule has 0 atom stereocenters. The zero-order valence-electron chi connectivity index (χ0n) is 22.7. The SMILES string of the molecule is C=O.[Rh].c1ccc([As](c2ccccc2)c2ccccc2)cc1.c1ccc([As](c2ccccc2)c2ccccc2)cc1. The number of carbonyl (C=O) groups is 1. The van der Waals surface area contributed by atoms with E-state index in [1.807, 2.05) is 6.79 Å². The van der Waals surface area contributed by atoms with Crippen molar-refractivity contribution in [3.05, 3.63) is 182 Å². The molecule has 0 aliphatic carbocycles.